The van der Waals surface area contributed by atoms with Gasteiger partial charge in [-0.25, -0.2) is 4.68 Å². The summed E-state index contributed by atoms with van der Waals surface area (Å²) in [4.78, 5) is 12.8. The monoisotopic (exact) mass is 254 g/mol. The lowest BCUT2D eigenvalue weighted by molar-refractivity contribution is 0.103. The summed E-state index contributed by atoms with van der Waals surface area (Å²) in [6.45, 7) is 0. The van der Waals surface area contributed by atoms with Gasteiger partial charge in [-0.3, -0.25) is 4.79 Å². The highest BCUT2D eigenvalue weighted by atomic mass is 32.1. The second kappa shape index (κ2) is 4.58. The Kier molecular flexibility index (Phi) is 2.78. The van der Waals surface area contributed by atoms with Crippen molar-refractivity contribution in [3.8, 4) is 5.69 Å². The molecule has 0 aliphatic rings. The molecule has 3 rings (SSSR count). The quantitative estimate of drug-likeness (QED) is 0.673. The Morgan fingerprint density at radius 1 is 1.06 bits per heavy atom. The molecule has 2 aromatic heterocycles. The van der Waals surface area contributed by atoms with Gasteiger partial charge in [-0.15, -0.1) is 11.3 Å². The molecule has 0 aliphatic carbocycles. The third kappa shape index (κ3) is 1.98. The first-order valence-electron chi connectivity index (χ1n) is 5.54. The van der Waals surface area contributed by atoms with Gasteiger partial charge in [-0.05, 0) is 29.6 Å². The number of carbonyl (C=O) groups is 1. The molecule has 1 aromatic carbocycles. The summed E-state index contributed by atoms with van der Waals surface area (Å²) < 4.78 is 1.71. The van der Waals surface area contributed by atoms with Gasteiger partial charge in [0.25, 0.3) is 0 Å². The average Bonchev–Trinajstić information content (AvgIpc) is 3.10. The molecule has 2 heterocycles. The number of thiophene rings is 1. The molecule has 0 radical (unpaired) electrons. The molecule has 0 aliphatic heterocycles. The zero-order valence-corrected chi connectivity index (χ0v) is 10.3. The first-order valence-corrected chi connectivity index (χ1v) is 6.42. The van der Waals surface area contributed by atoms with Crippen molar-refractivity contribution >= 4 is 17.1 Å². The summed E-state index contributed by atoms with van der Waals surface area (Å²) in [5, 5.41) is 6.20. The van der Waals surface area contributed by atoms with E-state index in [2.05, 4.69) is 5.10 Å². The Bertz CT molecular complexity index is 656. The molecule has 0 saturated carbocycles. The zero-order valence-electron chi connectivity index (χ0n) is 9.48. The van der Waals surface area contributed by atoms with Gasteiger partial charge >= 0.3 is 0 Å². The number of hydrogen-bond acceptors (Lipinski definition) is 3. The van der Waals surface area contributed by atoms with Crippen molar-refractivity contribution in [3.05, 3.63) is 70.7 Å². The van der Waals surface area contributed by atoms with E-state index in [-0.39, 0.29) is 5.78 Å². The molecule has 0 amide bonds. The molecule has 0 spiro atoms. The zero-order chi connectivity index (χ0) is 12.4. The van der Waals surface area contributed by atoms with Gasteiger partial charge in [0.05, 0.1) is 10.6 Å². The molecule has 0 fully saturated rings. The van der Waals surface area contributed by atoms with Crippen LogP contribution in [0.2, 0.25) is 0 Å². The van der Waals surface area contributed by atoms with Crippen molar-refractivity contribution in [2.24, 2.45) is 0 Å². The minimum atomic E-state index is -0.0281. The molecular weight excluding hydrogens is 244 g/mol. The minimum absolute atomic E-state index is 0.0281. The van der Waals surface area contributed by atoms with Gasteiger partial charge < -0.3 is 0 Å². The van der Waals surface area contributed by atoms with Crippen LogP contribution >= 0.6 is 11.3 Å². The highest BCUT2D eigenvalue weighted by Gasteiger charge is 2.13. The Hall–Kier alpha value is -2.20. The summed E-state index contributed by atoms with van der Waals surface area (Å²) in [6, 6.07) is 15.2. The van der Waals surface area contributed by atoms with Crippen molar-refractivity contribution in [1.82, 2.24) is 9.78 Å². The van der Waals surface area contributed by atoms with Crippen LogP contribution in [0.4, 0.5) is 0 Å². The second-order valence-electron chi connectivity index (χ2n) is 3.79. The molecule has 4 heteroatoms. The van der Waals surface area contributed by atoms with Gasteiger partial charge in [0.2, 0.25) is 5.78 Å². The number of para-hydroxylation sites is 1. The maximum absolute atomic E-state index is 12.1. The maximum atomic E-state index is 12.1. The fourth-order valence-electron chi connectivity index (χ4n) is 1.70. The lowest BCUT2D eigenvalue weighted by Crippen LogP contribution is -2.02. The van der Waals surface area contributed by atoms with Crippen LogP contribution in [0.3, 0.4) is 0 Å². The average molecular weight is 254 g/mol. The fraction of sp³-hybridized carbons (Fsp3) is 0. The van der Waals surface area contributed by atoms with E-state index in [1.165, 1.54) is 11.3 Å². The van der Waals surface area contributed by atoms with E-state index >= 15 is 0 Å². The fourth-order valence-corrected chi connectivity index (χ4v) is 2.38. The molecule has 0 N–H and O–H groups in total. The molecular formula is C14H10N2OS. The minimum Gasteiger partial charge on any atom is -0.286 e. The Balaban J connectivity index is 1.93. The van der Waals surface area contributed by atoms with Gasteiger partial charge in [0.15, 0.2) is 0 Å². The van der Waals surface area contributed by atoms with Crippen LogP contribution in [0.15, 0.2) is 60.1 Å². The molecule has 0 bridgehead atoms. The molecule has 3 nitrogen and oxygen atoms in total. The number of rotatable bonds is 3. The van der Waals surface area contributed by atoms with Crippen molar-refractivity contribution in [2.75, 3.05) is 0 Å². The Morgan fingerprint density at radius 3 is 2.61 bits per heavy atom. The van der Waals surface area contributed by atoms with Gasteiger partial charge in [0, 0.05) is 6.20 Å². The largest absolute Gasteiger partial charge is 0.286 e. The van der Waals surface area contributed by atoms with E-state index < -0.39 is 0 Å². The van der Waals surface area contributed by atoms with Crippen LogP contribution in [-0.4, -0.2) is 15.6 Å². The predicted octanol–water partition coefficient (Wildman–Crippen LogP) is 3.16. The highest BCUT2D eigenvalue weighted by molar-refractivity contribution is 7.12. The van der Waals surface area contributed by atoms with E-state index in [1.807, 2.05) is 47.8 Å². The highest BCUT2D eigenvalue weighted by Crippen LogP contribution is 2.15. The SMILES string of the molecule is O=C(c1ccn(-c2ccccc2)n1)c1cccs1. The maximum Gasteiger partial charge on any atom is 0.223 e. The number of ketones is 1. The first-order chi connectivity index (χ1) is 8.84. The van der Waals surface area contributed by atoms with E-state index in [1.54, 1.807) is 16.9 Å². The van der Waals surface area contributed by atoms with Crippen molar-refractivity contribution in [3.63, 3.8) is 0 Å². The summed E-state index contributed by atoms with van der Waals surface area (Å²) in [5.74, 6) is -0.0281. The van der Waals surface area contributed by atoms with E-state index in [9.17, 15) is 4.79 Å². The summed E-state index contributed by atoms with van der Waals surface area (Å²) in [5.41, 5.74) is 1.42. The molecule has 18 heavy (non-hydrogen) atoms. The molecule has 88 valence electrons. The van der Waals surface area contributed by atoms with Crippen LogP contribution in [0, 0.1) is 0 Å². The smallest absolute Gasteiger partial charge is 0.223 e. The number of aromatic nitrogens is 2. The van der Waals surface area contributed by atoms with Crippen LogP contribution in [0.25, 0.3) is 5.69 Å². The van der Waals surface area contributed by atoms with E-state index in [0.717, 1.165) is 5.69 Å². The number of hydrogen-bond donors (Lipinski definition) is 0. The molecule has 3 aromatic rings. The van der Waals surface area contributed by atoms with Crippen molar-refractivity contribution in [2.45, 2.75) is 0 Å². The normalized spacial score (nSPS) is 10.4. The van der Waals surface area contributed by atoms with Gasteiger partial charge in [-0.1, -0.05) is 24.3 Å². The number of carbonyl (C=O) groups excluding carboxylic acids is 1. The van der Waals surface area contributed by atoms with Crippen LogP contribution in [0.1, 0.15) is 15.4 Å². The lowest BCUT2D eigenvalue weighted by atomic mass is 10.2. The molecule has 0 saturated heterocycles. The first kappa shape index (κ1) is 10.9. The number of nitrogens with zero attached hydrogens (tertiary/aromatic N) is 2. The van der Waals surface area contributed by atoms with Gasteiger partial charge in [-0.2, -0.15) is 5.10 Å². The van der Waals surface area contributed by atoms with E-state index in [4.69, 9.17) is 0 Å². The lowest BCUT2D eigenvalue weighted by Gasteiger charge is -1.99. The van der Waals surface area contributed by atoms with Crippen LogP contribution in [-0.2, 0) is 0 Å². The van der Waals surface area contributed by atoms with Crippen molar-refractivity contribution < 1.29 is 4.79 Å². The van der Waals surface area contributed by atoms with Crippen LogP contribution < -0.4 is 0 Å². The third-order valence-electron chi connectivity index (χ3n) is 2.59. The predicted molar refractivity (Wildman–Crippen MR) is 71.3 cm³/mol. The summed E-state index contributed by atoms with van der Waals surface area (Å²) >= 11 is 1.43. The third-order valence-corrected chi connectivity index (χ3v) is 3.46. The Morgan fingerprint density at radius 2 is 1.89 bits per heavy atom. The standard InChI is InChI=1S/C14H10N2OS/c17-14(13-7-4-10-18-13)12-8-9-16(15-12)11-5-2-1-3-6-11/h1-10H. The Labute approximate surface area is 108 Å². The summed E-state index contributed by atoms with van der Waals surface area (Å²) in [7, 11) is 0. The second-order valence-corrected chi connectivity index (χ2v) is 4.74. The molecule has 0 unspecified atom stereocenters. The summed E-state index contributed by atoms with van der Waals surface area (Å²) in [6.07, 6.45) is 1.80. The van der Waals surface area contributed by atoms with Crippen molar-refractivity contribution in [1.29, 1.82) is 0 Å². The van der Waals surface area contributed by atoms with Crippen LogP contribution in [0.5, 0.6) is 0 Å². The van der Waals surface area contributed by atoms with Gasteiger partial charge in [0.1, 0.15) is 5.69 Å². The van der Waals surface area contributed by atoms with E-state index in [0.29, 0.717) is 10.6 Å². The molecule has 0 atom stereocenters. The topological polar surface area (TPSA) is 34.9 Å². The number of benzene rings is 1.